The minimum absolute atomic E-state index is 0.168. The fourth-order valence-electron chi connectivity index (χ4n) is 3.16. The average molecular weight is 314 g/mol. The van der Waals surface area contributed by atoms with Gasteiger partial charge in [-0.1, -0.05) is 30.3 Å². The number of carbonyl (C=O) groups excluding carboxylic acids is 1. The normalized spacial score (nSPS) is 16.0. The predicted molar refractivity (Wildman–Crippen MR) is 90.4 cm³/mol. The van der Waals surface area contributed by atoms with Gasteiger partial charge < -0.3 is 4.90 Å². The quantitative estimate of drug-likeness (QED) is 0.862. The van der Waals surface area contributed by atoms with Crippen molar-refractivity contribution in [1.82, 2.24) is 9.88 Å². The van der Waals surface area contributed by atoms with Crippen LogP contribution >= 0.6 is 11.3 Å². The van der Waals surface area contributed by atoms with Crippen LogP contribution in [-0.4, -0.2) is 28.9 Å². The number of nitrogens with zero attached hydrogens (tertiary/aromatic N) is 2. The SMILES string of the molecule is Cc1nc(C)c(C(=O)N2CCC(Cc3ccccc3)CC2)s1. The van der Waals surface area contributed by atoms with E-state index in [0.717, 1.165) is 47.9 Å². The molecule has 0 atom stereocenters. The van der Waals surface area contributed by atoms with E-state index in [1.54, 1.807) is 0 Å². The van der Waals surface area contributed by atoms with Crippen molar-refractivity contribution < 1.29 is 4.79 Å². The third-order valence-electron chi connectivity index (χ3n) is 4.37. The lowest BCUT2D eigenvalue weighted by Crippen LogP contribution is -2.38. The maximum Gasteiger partial charge on any atom is 0.265 e. The molecule has 0 N–H and O–H groups in total. The van der Waals surface area contributed by atoms with Gasteiger partial charge in [-0.25, -0.2) is 4.98 Å². The first-order valence-corrected chi connectivity index (χ1v) is 8.72. The number of amides is 1. The molecular formula is C18H22N2OS. The van der Waals surface area contributed by atoms with Gasteiger partial charge in [0.05, 0.1) is 10.7 Å². The van der Waals surface area contributed by atoms with Gasteiger partial charge in [-0.05, 0) is 44.6 Å². The molecule has 0 saturated carbocycles. The van der Waals surface area contributed by atoms with Crippen LogP contribution in [0.2, 0.25) is 0 Å². The maximum atomic E-state index is 12.6. The van der Waals surface area contributed by atoms with Gasteiger partial charge in [0, 0.05) is 13.1 Å². The maximum absolute atomic E-state index is 12.6. The highest BCUT2D eigenvalue weighted by molar-refractivity contribution is 7.13. The zero-order valence-electron chi connectivity index (χ0n) is 13.2. The molecule has 2 heterocycles. The third kappa shape index (κ3) is 3.38. The van der Waals surface area contributed by atoms with Crippen LogP contribution in [0.1, 0.15) is 38.8 Å². The molecule has 1 fully saturated rings. The molecule has 0 aliphatic carbocycles. The molecule has 0 spiro atoms. The molecule has 1 saturated heterocycles. The summed E-state index contributed by atoms with van der Waals surface area (Å²) in [4.78, 5) is 19.8. The summed E-state index contributed by atoms with van der Waals surface area (Å²) in [6, 6.07) is 10.7. The van der Waals surface area contributed by atoms with Crippen molar-refractivity contribution in [3.05, 3.63) is 51.5 Å². The van der Waals surface area contributed by atoms with Gasteiger partial charge >= 0.3 is 0 Å². The molecular weight excluding hydrogens is 292 g/mol. The largest absolute Gasteiger partial charge is 0.338 e. The van der Waals surface area contributed by atoms with Gasteiger partial charge in [-0.2, -0.15) is 0 Å². The number of likely N-dealkylation sites (tertiary alicyclic amines) is 1. The van der Waals surface area contributed by atoms with Crippen molar-refractivity contribution in [1.29, 1.82) is 0 Å². The van der Waals surface area contributed by atoms with Crippen LogP contribution < -0.4 is 0 Å². The van der Waals surface area contributed by atoms with E-state index in [2.05, 4.69) is 35.3 Å². The molecule has 1 amide bonds. The molecule has 0 radical (unpaired) electrons. The highest BCUT2D eigenvalue weighted by atomic mass is 32.1. The van der Waals surface area contributed by atoms with Gasteiger partial charge in [-0.3, -0.25) is 4.79 Å². The Kier molecular flexibility index (Phi) is 4.57. The van der Waals surface area contributed by atoms with Crippen LogP contribution in [0.3, 0.4) is 0 Å². The van der Waals surface area contributed by atoms with Crippen molar-refractivity contribution in [3.8, 4) is 0 Å². The van der Waals surface area contributed by atoms with E-state index in [9.17, 15) is 4.79 Å². The fraction of sp³-hybridized carbons (Fsp3) is 0.444. The zero-order chi connectivity index (χ0) is 15.5. The molecule has 4 heteroatoms. The lowest BCUT2D eigenvalue weighted by atomic mass is 9.90. The Hall–Kier alpha value is -1.68. The summed E-state index contributed by atoms with van der Waals surface area (Å²) in [5.74, 6) is 0.858. The van der Waals surface area contributed by atoms with Gasteiger partial charge in [0.15, 0.2) is 0 Å². The van der Waals surface area contributed by atoms with Gasteiger partial charge in [-0.15, -0.1) is 11.3 Å². The summed E-state index contributed by atoms with van der Waals surface area (Å²) >= 11 is 1.52. The highest BCUT2D eigenvalue weighted by Gasteiger charge is 2.26. The van der Waals surface area contributed by atoms with Crippen LogP contribution in [0.4, 0.5) is 0 Å². The van der Waals surface area contributed by atoms with E-state index in [1.165, 1.54) is 16.9 Å². The Bertz CT molecular complexity index is 642. The van der Waals surface area contributed by atoms with E-state index < -0.39 is 0 Å². The predicted octanol–water partition coefficient (Wildman–Crippen LogP) is 3.85. The number of hydrogen-bond donors (Lipinski definition) is 0. The van der Waals surface area contributed by atoms with Crippen LogP contribution in [-0.2, 0) is 6.42 Å². The fourth-order valence-corrected chi connectivity index (χ4v) is 4.05. The lowest BCUT2D eigenvalue weighted by Gasteiger charge is -2.32. The molecule has 0 unspecified atom stereocenters. The van der Waals surface area contributed by atoms with E-state index in [-0.39, 0.29) is 5.91 Å². The smallest absolute Gasteiger partial charge is 0.265 e. The number of benzene rings is 1. The standard InChI is InChI=1S/C18H22N2OS/c1-13-17(22-14(2)19-13)18(21)20-10-8-16(9-11-20)12-15-6-4-3-5-7-15/h3-7,16H,8-12H2,1-2H3. The summed E-state index contributed by atoms with van der Waals surface area (Å²) in [5, 5.41) is 0.972. The lowest BCUT2D eigenvalue weighted by molar-refractivity contribution is 0.0694. The molecule has 0 bridgehead atoms. The van der Waals surface area contributed by atoms with E-state index in [0.29, 0.717) is 5.92 Å². The summed E-state index contributed by atoms with van der Waals surface area (Å²) < 4.78 is 0. The van der Waals surface area contributed by atoms with E-state index in [1.807, 2.05) is 18.7 Å². The highest BCUT2D eigenvalue weighted by Crippen LogP contribution is 2.25. The Labute approximate surface area is 136 Å². The monoisotopic (exact) mass is 314 g/mol. The van der Waals surface area contributed by atoms with Crippen molar-refractivity contribution in [2.24, 2.45) is 5.92 Å². The first-order chi connectivity index (χ1) is 10.6. The van der Waals surface area contributed by atoms with Crippen LogP contribution in [0.25, 0.3) is 0 Å². The van der Waals surface area contributed by atoms with Gasteiger partial charge in [0.2, 0.25) is 0 Å². The Morgan fingerprint density at radius 3 is 2.50 bits per heavy atom. The molecule has 3 nitrogen and oxygen atoms in total. The van der Waals surface area contributed by atoms with Gasteiger partial charge in [0.1, 0.15) is 4.88 Å². The molecule has 3 rings (SSSR count). The summed E-state index contributed by atoms with van der Waals surface area (Å²) in [6.45, 7) is 5.62. The number of piperidine rings is 1. The molecule has 116 valence electrons. The number of aryl methyl sites for hydroxylation is 2. The average Bonchev–Trinajstić information content (AvgIpc) is 2.87. The van der Waals surface area contributed by atoms with Crippen LogP contribution in [0.5, 0.6) is 0 Å². The number of carbonyl (C=O) groups is 1. The van der Waals surface area contributed by atoms with Crippen LogP contribution in [0.15, 0.2) is 30.3 Å². The second-order valence-corrected chi connectivity index (χ2v) is 7.28. The molecule has 1 aromatic carbocycles. The second kappa shape index (κ2) is 6.61. The van der Waals surface area contributed by atoms with E-state index in [4.69, 9.17) is 0 Å². The molecule has 1 aliphatic rings. The number of hydrogen-bond acceptors (Lipinski definition) is 3. The minimum atomic E-state index is 0.168. The first kappa shape index (κ1) is 15.2. The Morgan fingerprint density at radius 1 is 1.23 bits per heavy atom. The van der Waals surface area contributed by atoms with E-state index >= 15 is 0 Å². The zero-order valence-corrected chi connectivity index (χ0v) is 14.0. The Morgan fingerprint density at radius 2 is 1.91 bits per heavy atom. The van der Waals surface area contributed by atoms with Crippen molar-refractivity contribution in [3.63, 3.8) is 0 Å². The molecule has 22 heavy (non-hydrogen) atoms. The van der Waals surface area contributed by atoms with Crippen molar-refractivity contribution >= 4 is 17.2 Å². The molecule has 1 aromatic heterocycles. The molecule has 1 aliphatic heterocycles. The Balaban J connectivity index is 1.57. The van der Waals surface area contributed by atoms with Crippen LogP contribution in [0, 0.1) is 19.8 Å². The number of rotatable bonds is 3. The minimum Gasteiger partial charge on any atom is -0.338 e. The molecule has 2 aromatic rings. The first-order valence-electron chi connectivity index (χ1n) is 7.90. The van der Waals surface area contributed by atoms with Crippen molar-refractivity contribution in [2.45, 2.75) is 33.1 Å². The summed E-state index contributed by atoms with van der Waals surface area (Å²) in [7, 11) is 0. The second-order valence-electron chi connectivity index (χ2n) is 6.07. The number of thiazole rings is 1. The topological polar surface area (TPSA) is 33.2 Å². The number of aromatic nitrogens is 1. The van der Waals surface area contributed by atoms with Crippen molar-refractivity contribution in [2.75, 3.05) is 13.1 Å². The third-order valence-corrected chi connectivity index (χ3v) is 5.43. The van der Waals surface area contributed by atoms with Gasteiger partial charge in [0.25, 0.3) is 5.91 Å². The summed E-state index contributed by atoms with van der Waals surface area (Å²) in [5.41, 5.74) is 2.28. The summed E-state index contributed by atoms with van der Waals surface area (Å²) in [6.07, 6.45) is 3.32.